The van der Waals surface area contributed by atoms with Crippen molar-refractivity contribution in [3.05, 3.63) is 28.5 Å². The van der Waals surface area contributed by atoms with Gasteiger partial charge < -0.3 is 10.4 Å². The summed E-state index contributed by atoms with van der Waals surface area (Å²) < 4.78 is 0. The highest BCUT2D eigenvalue weighted by atomic mass is 35.5. The largest absolute Gasteiger partial charge is 0.478 e. The number of carboxylic acids is 1. The molecule has 1 fully saturated rings. The first kappa shape index (κ1) is 9.43. The summed E-state index contributed by atoms with van der Waals surface area (Å²) in [5.74, 6) is -0.960. The normalized spacial score (nSPS) is 20.2. The Kier molecular flexibility index (Phi) is 2.39. The lowest BCUT2D eigenvalue weighted by Gasteiger charge is -2.29. The molecule has 14 heavy (non-hydrogen) atoms. The first-order valence-corrected chi connectivity index (χ1v) is 4.69. The molecule has 0 spiro atoms. The number of pyridine rings is 1. The number of halogens is 1. The van der Waals surface area contributed by atoms with Crippen LogP contribution in [0.4, 0.5) is 0 Å². The number of aromatic nitrogens is 1. The zero-order valence-electron chi connectivity index (χ0n) is 7.33. The molecule has 0 aliphatic carbocycles. The molecule has 1 saturated heterocycles. The van der Waals surface area contributed by atoms with Gasteiger partial charge in [0.15, 0.2) is 0 Å². The van der Waals surface area contributed by atoms with Crippen molar-refractivity contribution in [1.82, 2.24) is 10.3 Å². The van der Waals surface area contributed by atoms with Crippen LogP contribution in [0.15, 0.2) is 12.3 Å². The standard InChI is InChI=1S/C9H9ClN2O2/c10-8-7(6-2-4-11-6)5(9(13)14)1-3-12-8/h1,3,6,11H,2,4H2,(H,13,14)/t6-/m1/s1. The van der Waals surface area contributed by atoms with Crippen LogP contribution in [0.1, 0.15) is 28.4 Å². The van der Waals surface area contributed by atoms with E-state index in [9.17, 15) is 4.79 Å². The Bertz CT molecular complexity index is 377. The molecule has 0 bridgehead atoms. The molecule has 0 amide bonds. The lowest BCUT2D eigenvalue weighted by atomic mass is 9.95. The number of hydrogen-bond acceptors (Lipinski definition) is 3. The summed E-state index contributed by atoms with van der Waals surface area (Å²) >= 11 is 5.87. The number of nitrogens with zero attached hydrogens (tertiary/aromatic N) is 1. The minimum Gasteiger partial charge on any atom is -0.478 e. The van der Waals surface area contributed by atoms with Crippen molar-refractivity contribution in [3.8, 4) is 0 Å². The molecular weight excluding hydrogens is 204 g/mol. The third kappa shape index (κ3) is 1.47. The number of hydrogen-bond donors (Lipinski definition) is 2. The van der Waals surface area contributed by atoms with Gasteiger partial charge in [0.2, 0.25) is 0 Å². The van der Waals surface area contributed by atoms with E-state index in [1.165, 1.54) is 12.3 Å². The Labute approximate surface area is 85.9 Å². The highest BCUT2D eigenvalue weighted by molar-refractivity contribution is 6.30. The van der Waals surface area contributed by atoms with E-state index in [0.29, 0.717) is 5.56 Å². The molecule has 0 radical (unpaired) electrons. The van der Waals surface area contributed by atoms with Crippen molar-refractivity contribution >= 4 is 17.6 Å². The lowest BCUT2D eigenvalue weighted by molar-refractivity contribution is 0.0694. The van der Waals surface area contributed by atoms with Gasteiger partial charge in [0.25, 0.3) is 0 Å². The molecular formula is C9H9ClN2O2. The van der Waals surface area contributed by atoms with E-state index in [0.717, 1.165) is 13.0 Å². The zero-order chi connectivity index (χ0) is 10.1. The van der Waals surface area contributed by atoms with E-state index in [1.807, 2.05) is 0 Å². The quantitative estimate of drug-likeness (QED) is 0.729. The highest BCUT2D eigenvalue weighted by Crippen LogP contribution is 2.30. The van der Waals surface area contributed by atoms with Crippen molar-refractivity contribution in [1.29, 1.82) is 0 Å². The first-order valence-electron chi connectivity index (χ1n) is 4.31. The second kappa shape index (κ2) is 3.55. The average molecular weight is 213 g/mol. The van der Waals surface area contributed by atoms with Gasteiger partial charge in [-0.15, -0.1) is 0 Å². The summed E-state index contributed by atoms with van der Waals surface area (Å²) in [6.07, 6.45) is 2.32. The van der Waals surface area contributed by atoms with E-state index >= 15 is 0 Å². The van der Waals surface area contributed by atoms with Gasteiger partial charge in [-0.3, -0.25) is 0 Å². The summed E-state index contributed by atoms with van der Waals surface area (Å²) in [5, 5.41) is 12.3. The number of carboxylic acid groups (broad SMARTS) is 1. The average Bonchev–Trinajstić information content (AvgIpc) is 2.04. The van der Waals surface area contributed by atoms with Crippen molar-refractivity contribution in [2.45, 2.75) is 12.5 Å². The Balaban J connectivity index is 2.47. The van der Waals surface area contributed by atoms with Crippen LogP contribution in [0.25, 0.3) is 0 Å². The van der Waals surface area contributed by atoms with Gasteiger partial charge in [-0.25, -0.2) is 9.78 Å². The molecule has 74 valence electrons. The van der Waals surface area contributed by atoms with Crippen LogP contribution < -0.4 is 5.32 Å². The van der Waals surface area contributed by atoms with Crippen molar-refractivity contribution in [2.24, 2.45) is 0 Å². The molecule has 0 aromatic carbocycles. The van der Waals surface area contributed by atoms with Gasteiger partial charge in [-0.1, -0.05) is 11.6 Å². The maximum atomic E-state index is 10.9. The zero-order valence-corrected chi connectivity index (χ0v) is 8.08. The monoisotopic (exact) mass is 212 g/mol. The molecule has 1 atom stereocenters. The number of aromatic carboxylic acids is 1. The second-order valence-corrected chi connectivity index (χ2v) is 3.52. The summed E-state index contributed by atoms with van der Waals surface area (Å²) in [6, 6.07) is 1.52. The fourth-order valence-electron chi connectivity index (χ4n) is 1.50. The van der Waals surface area contributed by atoms with Crippen LogP contribution in [0.3, 0.4) is 0 Å². The topological polar surface area (TPSA) is 62.2 Å². The van der Waals surface area contributed by atoms with Crippen LogP contribution in [0.2, 0.25) is 5.15 Å². The molecule has 4 nitrogen and oxygen atoms in total. The molecule has 2 heterocycles. The fraction of sp³-hybridized carbons (Fsp3) is 0.333. The Morgan fingerprint density at radius 2 is 2.43 bits per heavy atom. The van der Waals surface area contributed by atoms with Crippen LogP contribution in [0, 0.1) is 0 Å². The Morgan fingerprint density at radius 1 is 1.71 bits per heavy atom. The van der Waals surface area contributed by atoms with Crippen LogP contribution in [-0.4, -0.2) is 22.6 Å². The second-order valence-electron chi connectivity index (χ2n) is 3.16. The summed E-state index contributed by atoms with van der Waals surface area (Å²) in [4.78, 5) is 14.8. The number of rotatable bonds is 2. The molecule has 5 heteroatoms. The van der Waals surface area contributed by atoms with E-state index in [4.69, 9.17) is 16.7 Å². The molecule has 2 rings (SSSR count). The van der Waals surface area contributed by atoms with Gasteiger partial charge >= 0.3 is 5.97 Å². The van der Waals surface area contributed by atoms with Crippen molar-refractivity contribution in [2.75, 3.05) is 6.54 Å². The predicted molar refractivity (Wildman–Crippen MR) is 51.6 cm³/mol. The van der Waals surface area contributed by atoms with Crippen molar-refractivity contribution < 1.29 is 9.90 Å². The van der Waals surface area contributed by atoms with Crippen LogP contribution in [0.5, 0.6) is 0 Å². The smallest absolute Gasteiger partial charge is 0.336 e. The summed E-state index contributed by atoms with van der Waals surface area (Å²) in [5.41, 5.74) is 0.843. The lowest BCUT2D eigenvalue weighted by Crippen LogP contribution is -2.36. The van der Waals surface area contributed by atoms with Gasteiger partial charge in [0.1, 0.15) is 5.15 Å². The maximum Gasteiger partial charge on any atom is 0.336 e. The predicted octanol–water partition coefficient (Wildman–Crippen LogP) is 1.47. The Morgan fingerprint density at radius 3 is 2.93 bits per heavy atom. The molecule has 0 unspecified atom stereocenters. The first-order chi connectivity index (χ1) is 6.70. The highest BCUT2D eigenvalue weighted by Gasteiger charge is 2.26. The molecule has 1 aliphatic rings. The number of carbonyl (C=O) groups is 1. The van der Waals surface area contributed by atoms with E-state index in [-0.39, 0.29) is 16.8 Å². The van der Waals surface area contributed by atoms with E-state index in [2.05, 4.69) is 10.3 Å². The van der Waals surface area contributed by atoms with Gasteiger partial charge in [-0.2, -0.15) is 0 Å². The van der Waals surface area contributed by atoms with E-state index in [1.54, 1.807) is 0 Å². The van der Waals surface area contributed by atoms with Crippen LogP contribution >= 0.6 is 11.6 Å². The maximum absolute atomic E-state index is 10.9. The van der Waals surface area contributed by atoms with E-state index < -0.39 is 5.97 Å². The van der Waals surface area contributed by atoms with Gasteiger partial charge in [0.05, 0.1) is 5.56 Å². The summed E-state index contributed by atoms with van der Waals surface area (Å²) in [7, 11) is 0. The third-order valence-corrected chi connectivity index (χ3v) is 2.65. The molecule has 1 aromatic heterocycles. The number of nitrogens with one attached hydrogen (secondary N) is 1. The molecule has 0 saturated carbocycles. The van der Waals surface area contributed by atoms with Crippen LogP contribution in [-0.2, 0) is 0 Å². The molecule has 2 N–H and O–H groups in total. The van der Waals surface area contributed by atoms with Gasteiger partial charge in [0, 0.05) is 17.8 Å². The summed E-state index contributed by atoms with van der Waals surface area (Å²) in [6.45, 7) is 0.898. The Hall–Kier alpha value is -1.13. The fourth-order valence-corrected chi connectivity index (χ4v) is 1.79. The minimum absolute atomic E-state index is 0.0438. The molecule has 1 aromatic rings. The molecule has 1 aliphatic heterocycles. The van der Waals surface area contributed by atoms with Gasteiger partial charge in [-0.05, 0) is 19.0 Å². The third-order valence-electron chi connectivity index (χ3n) is 2.34. The van der Waals surface area contributed by atoms with Crippen molar-refractivity contribution in [3.63, 3.8) is 0 Å². The minimum atomic E-state index is -0.960. The SMILES string of the molecule is O=C(O)c1ccnc(Cl)c1[C@H]1CCN1.